The van der Waals surface area contributed by atoms with Crippen LogP contribution < -0.4 is 4.74 Å². The number of hydrogen-bond donors (Lipinski definition) is 1. The molecule has 20 heavy (non-hydrogen) atoms. The van der Waals surface area contributed by atoms with E-state index in [1.165, 1.54) is 5.56 Å². The number of carboxylic acid groups (broad SMARTS) is 1. The molecule has 0 saturated carbocycles. The van der Waals surface area contributed by atoms with Crippen molar-refractivity contribution in [2.45, 2.75) is 19.4 Å². The Morgan fingerprint density at radius 2 is 1.95 bits per heavy atom. The highest BCUT2D eigenvalue weighted by Gasteiger charge is 2.19. The first kappa shape index (κ1) is 13.2. The maximum atomic E-state index is 11.2. The third-order valence-corrected chi connectivity index (χ3v) is 4.12. The molecule has 1 aliphatic rings. The summed E-state index contributed by atoms with van der Waals surface area (Å²) in [6.07, 6.45) is 1.10. The molecule has 1 atom stereocenters. The molecule has 1 aliphatic heterocycles. The van der Waals surface area contributed by atoms with Crippen LogP contribution in [0.3, 0.4) is 0 Å². The Morgan fingerprint density at radius 3 is 2.70 bits per heavy atom. The maximum Gasteiger partial charge on any atom is 0.336 e. The van der Waals surface area contributed by atoms with Gasteiger partial charge >= 0.3 is 5.97 Å². The van der Waals surface area contributed by atoms with E-state index in [1.54, 1.807) is 12.1 Å². The Morgan fingerprint density at radius 1 is 1.25 bits per heavy atom. The fourth-order valence-corrected chi connectivity index (χ4v) is 2.89. The molecule has 102 valence electrons. The van der Waals surface area contributed by atoms with Crippen molar-refractivity contribution in [2.24, 2.45) is 0 Å². The first-order valence-electron chi connectivity index (χ1n) is 6.37. The number of carboxylic acids is 1. The van der Waals surface area contributed by atoms with Crippen LogP contribution in [0.25, 0.3) is 11.1 Å². The monoisotopic (exact) mass is 332 g/mol. The number of ether oxygens (including phenoxy) is 1. The predicted octanol–water partition coefficient (Wildman–Crippen LogP) is 4.14. The van der Waals surface area contributed by atoms with Crippen molar-refractivity contribution < 1.29 is 14.6 Å². The molecule has 0 spiro atoms. The van der Waals surface area contributed by atoms with E-state index in [0.29, 0.717) is 4.47 Å². The molecule has 0 fully saturated rings. The van der Waals surface area contributed by atoms with Crippen LogP contribution in [0.5, 0.6) is 5.75 Å². The first-order chi connectivity index (χ1) is 9.54. The molecule has 3 rings (SSSR count). The van der Waals surface area contributed by atoms with Crippen LogP contribution in [0.1, 0.15) is 22.8 Å². The average molecular weight is 333 g/mol. The maximum absolute atomic E-state index is 11.2. The zero-order valence-corrected chi connectivity index (χ0v) is 12.5. The number of aromatic carboxylic acids is 1. The molecule has 0 aromatic heterocycles. The summed E-state index contributed by atoms with van der Waals surface area (Å²) in [7, 11) is 0. The molecule has 1 unspecified atom stereocenters. The Labute approximate surface area is 125 Å². The summed E-state index contributed by atoms with van der Waals surface area (Å²) in [4.78, 5) is 11.2. The fourth-order valence-electron chi connectivity index (χ4n) is 2.47. The first-order valence-corrected chi connectivity index (χ1v) is 7.16. The lowest BCUT2D eigenvalue weighted by Gasteiger charge is -2.07. The molecular formula is C16H13BrO3. The van der Waals surface area contributed by atoms with Gasteiger partial charge in [-0.05, 0) is 63.8 Å². The molecule has 2 aromatic carbocycles. The number of fused-ring (bicyclic) bond motifs is 1. The van der Waals surface area contributed by atoms with Crippen LogP contribution in [0.2, 0.25) is 0 Å². The molecule has 0 radical (unpaired) electrons. The van der Waals surface area contributed by atoms with Crippen molar-refractivity contribution in [1.82, 2.24) is 0 Å². The topological polar surface area (TPSA) is 46.5 Å². The highest BCUT2D eigenvalue weighted by Crippen LogP contribution is 2.33. The Bertz CT molecular complexity index is 694. The van der Waals surface area contributed by atoms with Gasteiger partial charge in [-0.2, -0.15) is 0 Å². The van der Waals surface area contributed by atoms with Crippen LogP contribution >= 0.6 is 15.9 Å². The van der Waals surface area contributed by atoms with Crippen LogP contribution in [0.15, 0.2) is 40.9 Å². The molecule has 0 saturated heterocycles. The van der Waals surface area contributed by atoms with E-state index in [2.05, 4.69) is 22.0 Å². The predicted molar refractivity (Wildman–Crippen MR) is 80.3 cm³/mol. The smallest absolute Gasteiger partial charge is 0.336 e. The van der Waals surface area contributed by atoms with E-state index >= 15 is 0 Å². The van der Waals surface area contributed by atoms with Gasteiger partial charge in [0.25, 0.3) is 0 Å². The second-order valence-electron chi connectivity index (χ2n) is 4.95. The van der Waals surface area contributed by atoms with Crippen LogP contribution in [-0.2, 0) is 6.42 Å². The van der Waals surface area contributed by atoms with Gasteiger partial charge in [0.1, 0.15) is 11.9 Å². The normalized spacial score (nSPS) is 16.6. The van der Waals surface area contributed by atoms with Gasteiger partial charge in [-0.1, -0.05) is 12.1 Å². The van der Waals surface area contributed by atoms with E-state index in [9.17, 15) is 9.90 Å². The summed E-state index contributed by atoms with van der Waals surface area (Å²) >= 11 is 3.26. The number of halogens is 1. The van der Waals surface area contributed by atoms with E-state index in [-0.39, 0.29) is 11.7 Å². The minimum atomic E-state index is -0.933. The summed E-state index contributed by atoms with van der Waals surface area (Å²) in [6, 6.07) is 11.4. The van der Waals surface area contributed by atoms with Gasteiger partial charge in [0.15, 0.2) is 0 Å². The van der Waals surface area contributed by atoms with Crippen LogP contribution in [0.4, 0.5) is 0 Å². The van der Waals surface area contributed by atoms with E-state index < -0.39 is 5.97 Å². The lowest BCUT2D eigenvalue weighted by molar-refractivity contribution is 0.0696. The lowest BCUT2D eigenvalue weighted by Crippen LogP contribution is -2.05. The molecule has 1 heterocycles. The Balaban J connectivity index is 2.04. The largest absolute Gasteiger partial charge is 0.490 e. The van der Waals surface area contributed by atoms with E-state index in [1.807, 2.05) is 25.1 Å². The van der Waals surface area contributed by atoms with Gasteiger partial charge in [0.05, 0.1) is 5.56 Å². The Kier molecular flexibility index (Phi) is 3.26. The third-order valence-electron chi connectivity index (χ3n) is 3.43. The number of rotatable bonds is 2. The summed E-state index contributed by atoms with van der Waals surface area (Å²) in [5.74, 6) is -0.00587. The second-order valence-corrected chi connectivity index (χ2v) is 5.81. The van der Waals surface area contributed by atoms with Crippen LogP contribution in [0, 0.1) is 0 Å². The van der Waals surface area contributed by atoms with Crippen molar-refractivity contribution in [3.05, 3.63) is 52.0 Å². The van der Waals surface area contributed by atoms with E-state index in [4.69, 9.17) is 4.74 Å². The van der Waals surface area contributed by atoms with Gasteiger partial charge in [0, 0.05) is 10.9 Å². The molecule has 3 nitrogen and oxygen atoms in total. The SMILES string of the molecule is CC1Cc2cc(-c3ccc(Br)c(C(=O)O)c3)ccc2O1. The van der Waals surface area contributed by atoms with Gasteiger partial charge in [-0.25, -0.2) is 4.79 Å². The molecule has 0 aliphatic carbocycles. The third kappa shape index (κ3) is 2.31. The number of carbonyl (C=O) groups is 1. The molecule has 0 amide bonds. The summed E-state index contributed by atoms with van der Waals surface area (Å²) < 4.78 is 6.27. The minimum Gasteiger partial charge on any atom is -0.490 e. The van der Waals surface area contributed by atoms with Crippen molar-refractivity contribution in [3.8, 4) is 16.9 Å². The fraction of sp³-hybridized carbons (Fsp3) is 0.188. The van der Waals surface area contributed by atoms with Gasteiger partial charge in [-0.15, -0.1) is 0 Å². The highest BCUT2D eigenvalue weighted by molar-refractivity contribution is 9.10. The minimum absolute atomic E-state index is 0.208. The van der Waals surface area contributed by atoms with Crippen molar-refractivity contribution in [1.29, 1.82) is 0 Å². The van der Waals surface area contributed by atoms with Gasteiger partial charge in [-0.3, -0.25) is 0 Å². The van der Waals surface area contributed by atoms with Crippen molar-refractivity contribution in [3.63, 3.8) is 0 Å². The average Bonchev–Trinajstić information content (AvgIpc) is 2.78. The molecule has 0 bridgehead atoms. The van der Waals surface area contributed by atoms with E-state index in [0.717, 1.165) is 23.3 Å². The summed E-state index contributed by atoms with van der Waals surface area (Å²) in [6.45, 7) is 2.04. The molecular weight excluding hydrogens is 320 g/mol. The van der Waals surface area contributed by atoms with Crippen LogP contribution in [-0.4, -0.2) is 17.2 Å². The molecule has 1 N–H and O–H groups in total. The van der Waals surface area contributed by atoms with Crippen molar-refractivity contribution >= 4 is 21.9 Å². The highest BCUT2D eigenvalue weighted by atomic mass is 79.9. The summed E-state index contributed by atoms with van der Waals surface area (Å²) in [5, 5.41) is 9.18. The Hall–Kier alpha value is -1.81. The quantitative estimate of drug-likeness (QED) is 0.899. The summed E-state index contributed by atoms with van der Waals surface area (Å²) in [5.41, 5.74) is 3.35. The van der Waals surface area contributed by atoms with Gasteiger partial charge in [0.2, 0.25) is 0 Å². The number of hydrogen-bond acceptors (Lipinski definition) is 2. The lowest BCUT2D eigenvalue weighted by atomic mass is 9.99. The zero-order chi connectivity index (χ0) is 14.3. The standard InChI is InChI=1S/C16H13BrO3/c1-9-6-12-7-10(3-5-15(12)20-9)11-2-4-14(17)13(8-11)16(18)19/h2-5,7-9H,6H2,1H3,(H,18,19). The second kappa shape index (κ2) is 4.94. The van der Waals surface area contributed by atoms with Gasteiger partial charge < -0.3 is 9.84 Å². The zero-order valence-electron chi connectivity index (χ0n) is 10.9. The molecule has 4 heteroatoms. The van der Waals surface area contributed by atoms with Crippen molar-refractivity contribution in [2.75, 3.05) is 0 Å². The molecule has 2 aromatic rings. The number of benzene rings is 2.